The molecule has 5 heteroatoms. The zero-order valence-corrected chi connectivity index (χ0v) is 15.4. The minimum atomic E-state index is -4.28. The zero-order valence-electron chi connectivity index (χ0n) is 14.6. The number of alkyl halides is 3. The number of hydrogen-bond acceptors (Lipinski definition) is 2. The molecule has 0 saturated carbocycles. The number of thioether (sulfide) groups is 1. The molecule has 1 nitrogen and oxygen atoms in total. The zero-order chi connectivity index (χ0) is 18.8. The number of hydrogen-bond donors (Lipinski definition) is 0. The Morgan fingerprint density at radius 2 is 1.62 bits per heavy atom. The summed E-state index contributed by atoms with van der Waals surface area (Å²) < 4.78 is 38.0. The minimum absolute atomic E-state index is 0.585. The van der Waals surface area contributed by atoms with Gasteiger partial charge in [-0.05, 0) is 48.8 Å². The first-order valence-corrected chi connectivity index (χ1v) is 9.82. The molecule has 0 fully saturated rings. The molecule has 26 heavy (non-hydrogen) atoms. The Kier molecular flexibility index (Phi) is 8.23. The number of rotatable bonds is 10. The van der Waals surface area contributed by atoms with Gasteiger partial charge in [0.1, 0.15) is 6.29 Å². The summed E-state index contributed by atoms with van der Waals surface area (Å²) in [5, 5.41) is 0. The second kappa shape index (κ2) is 10.4. The van der Waals surface area contributed by atoms with Gasteiger partial charge in [-0.25, -0.2) is 0 Å². The number of unbranched alkanes of at least 4 members (excludes halogenated alkanes) is 4. The van der Waals surface area contributed by atoms with E-state index in [4.69, 9.17) is 0 Å². The van der Waals surface area contributed by atoms with Crippen molar-refractivity contribution in [3.05, 3.63) is 65.2 Å². The molecule has 0 radical (unpaired) electrons. The van der Waals surface area contributed by atoms with Crippen molar-refractivity contribution < 1.29 is 18.0 Å². The largest absolute Gasteiger partial charge is 0.416 e. The molecule has 0 bridgehead atoms. The number of benzene rings is 2. The fraction of sp³-hybridized carbons (Fsp3) is 0.381. The highest BCUT2D eigenvalue weighted by molar-refractivity contribution is 7.99. The van der Waals surface area contributed by atoms with E-state index in [1.807, 2.05) is 24.3 Å². The smallest absolute Gasteiger partial charge is 0.298 e. The molecular weight excluding hydrogens is 357 g/mol. The van der Waals surface area contributed by atoms with Crippen LogP contribution in [0.5, 0.6) is 0 Å². The average molecular weight is 380 g/mol. The van der Waals surface area contributed by atoms with Crippen molar-refractivity contribution in [3.8, 4) is 0 Å². The number of halogens is 3. The lowest BCUT2D eigenvalue weighted by molar-refractivity contribution is -0.137. The SMILES string of the molecule is O=Cc1ccccc1CCCCCCCSc1cccc(C(F)(F)F)c1. The number of aldehydes is 1. The first-order chi connectivity index (χ1) is 12.5. The quantitative estimate of drug-likeness (QED) is 0.256. The van der Waals surface area contributed by atoms with Gasteiger partial charge in [0, 0.05) is 10.5 Å². The number of carbonyl (C=O) groups is 1. The third-order valence-electron chi connectivity index (χ3n) is 4.20. The third-order valence-corrected chi connectivity index (χ3v) is 5.28. The van der Waals surface area contributed by atoms with Crippen LogP contribution < -0.4 is 0 Å². The molecule has 0 atom stereocenters. The summed E-state index contributed by atoms with van der Waals surface area (Å²) in [7, 11) is 0. The van der Waals surface area contributed by atoms with Crippen LogP contribution in [0.2, 0.25) is 0 Å². The fourth-order valence-electron chi connectivity index (χ4n) is 2.78. The molecule has 0 aliphatic carbocycles. The van der Waals surface area contributed by atoms with Gasteiger partial charge >= 0.3 is 6.18 Å². The van der Waals surface area contributed by atoms with Crippen LogP contribution in [0, 0.1) is 0 Å². The third kappa shape index (κ3) is 6.87. The summed E-state index contributed by atoms with van der Waals surface area (Å²) in [6, 6.07) is 13.2. The lowest BCUT2D eigenvalue weighted by Crippen LogP contribution is -2.04. The molecule has 2 aromatic carbocycles. The highest BCUT2D eigenvalue weighted by Gasteiger charge is 2.30. The molecule has 0 amide bonds. The molecule has 0 aromatic heterocycles. The summed E-state index contributed by atoms with van der Waals surface area (Å²) in [6.07, 6.45) is 2.85. The lowest BCUT2D eigenvalue weighted by Gasteiger charge is -2.08. The van der Waals surface area contributed by atoms with E-state index in [9.17, 15) is 18.0 Å². The van der Waals surface area contributed by atoms with E-state index in [0.29, 0.717) is 4.90 Å². The molecule has 0 spiro atoms. The van der Waals surface area contributed by atoms with Crippen molar-refractivity contribution in [1.82, 2.24) is 0 Å². The minimum Gasteiger partial charge on any atom is -0.298 e. The maximum atomic E-state index is 12.7. The van der Waals surface area contributed by atoms with E-state index in [2.05, 4.69) is 0 Å². The van der Waals surface area contributed by atoms with E-state index in [1.165, 1.54) is 23.9 Å². The molecule has 0 saturated heterocycles. The van der Waals surface area contributed by atoms with E-state index < -0.39 is 11.7 Å². The maximum absolute atomic E-state index is 12.7. The van der Waals surface area contributed by atoms with Gasteiger partial charge in [0.2, 0.25) is 0 Å². The fourth-order valence-corrected chi connectivity index (χ4v) is 3.75. The Bertz CT molecular complexity index is 698. The summed E-state index contributed by atoms with van der Waals surface area (Å²) in [4.78, 5) is 11.6. The molecule has 0 unspecified atom stereocenters. The molecule has 2 aromatic rings. The van der Waals surface area contributed by atoms with Crippen LogP contribution in [0.25, 0.3) is 0 Å². The lowest BCUT2D eigenvalue weighted by atomic mass is 10.0. The highest BCUT2D eigenvalue weighted by atomic mass is 32.2. The van der Waals surface area contributed by atoms with Crippen molar-refractivity contribution >= 4 is 18.0 Å². The Morgan fingerprint density at radius 1 is 0.885 bits per heavy atom. The van der Waals surface area contributed by atoms with Crippen LogP contribution in [-0.2, 0) is 12.6 Å². The van der Waals surface area contributed by atoms with Gasteiger partial charge in [0.15, 0.2) is 0 Å². The standard InChI is InChI=1S/C21H23F3OS/c22-21(23,24)19-12-8-13-20(15-19)26-14-7-3-1-2-4-9-17-10-5-6-11-18(17)16-25/h5-6,8,10-13,15-16H,1-4,7,9,14H2. The summed E-state index contributed by atoms with van der Waals surface area (Å²) in [5.74, 6) is 0.829. The second-order valence-electron chi connectivity index (χ2n) is 6.21. The Hall–Kier alpha value is -1.75. The topological polar surface area (TPSA) is 17.1 Å². The molecule has 0 N–H and O–H groups in total. The predicted octanol–water partition coefficient (Wildman–Crippen LogP) is 6.80. The van der Waals surface area contributed by atoms with E-state index in [-0.39, 0.29) is 0 Å². The van der Waals surface area contributed by atoms with E-state index in [0.717, 1.165) is 67.8 Å². The number of carbonyl (C=O) groups excluding carboxylic acids is 1. The van der Waals surface area contributed by atoms with Gasteiger partial charge in [0.25, 0.3) is 0 Å². The maximum Gasteiger partial charge on any atom is 0.416 e. The molecule has 0 aliphatic rings. The van der Waals surface area contributed by atoms with Crippen LogP contribution in [0.15, 0.2) is 53.4 Å². The highest BCUT2D eigenvalue weighted by Crippen LogP contribution is 2.32. The van der Waals surface area contributed by atoms with Crippen LogP contribution in [0.3, 0.4) is 0 Å². The average Bonchev–Trinajstić information content (AvgIpc) is 2.63. The molecule has 140 valence electrons. The van der Waals surface area contributed by atoms with Crippen molar-refractivity contribution in [3.63, 3.8) is 0 Å². The number of aryl methyl sites for hydroxylation is 1. The molecular formula is C21H23F3OS. The van der Waals surface area contributed by atoms with Crippen LogP contribution >= 0.6 is 11.8 Å². The van der Waals surface area contributed by atoms with Gasteiger partial charge in [-0.2, -0.15) is 13.2 Å². The van der Waals surface area contributed by atoms with Gasteiger partial charge in [-0.15, -0.1) is 11.8 Å². The predicted molar refractivity (Wildman–Crippen MR) is 101 cm³/mol. The molecule has 2 rings (SSSR count). The van der Waals surface area contributed by atoms with Crippen molar-refractivity contribution in [2.45, 2.75) is 49.6 Å². The van der Waals surface area contributed by atoms with Crippen LogP contribution in [-0.4, -0.2) is 12.0 Å². The van der Waals surface area contributed by atoms with Gasteiger partial charge in [0.05, 0.1) is 5.56 Å². The van der Waals surface area contributed by atoms with Gasteiger partial charge in [-0.3, -0.25) is 4.79 Å². The van der Waals surface area contributed by atoms with Gasteiger partial charge < -0.3 is 0 Å². The van der Waals surface area contributed by atoms with Crippen molar-refractivity contribution in [2.24, 2.45) is 0 Å². The molecule has 0 heterocycles. The monoisotopic (exact) mass is 380 g/mol. The van der Waals surface area contributed by atoms with Crippen LogP contribution in [0.4, 0.5) is 13.2 Å². The Morgan fingerprint density at radius 3 is 2.38 bits per heavy atom. The first kappa shape index (κ1) is 20.6. The summed E-state index contributed by atoms with van der Waals surface area (Å²) in [6.45, 7) is 0. The van der Waals surface area contributed by atoms with E-state index in [1.54, 1.807) is 6.07 Å². The van der Waals surface area contributed by atoms with Gasteiger partial charge in [-0.1, -0.05) is 49.6 Å². The summed E-state index contributed by atoms with van der Waals surface area (Å²) in [5.41, 5.74) is 1.28. The van der Waals surface area contributed by atoms with Crippen molar-refractivity contribution in [2.75, 3.05) is 5.75 Å². The van der Waals surface area contributed by atoms with Crippen LogP contribution in [0.1, 0.15) is 53.6 Å². The Balaban J connectivity index is 1.59. The molecule has 0 aliphatic heterocycles. The van der Waals surface area contributed by atoms with Crippen molar-refractivity contribution in [1.29, 1.82) is 0 Å². The first-order valence-electron chi connectivity index (χ1n) is 8.84. The normalized spacial score (nSPS) is 11.5. The summed E-state index contributed by atoms with van der Waals surface area (Å²) >= 11 is 1.48. The second-order valence-corrected chi connectivity index (χ2v) is 7.38. The van der Waals surface area contributed by atoms with E-state index >= 15 is 0 Å². The Labute approximate surface area is 157 Å².